The molecule has 5 rings (SSSR count). The summed E-state index contributed by atoms with van der Waals surface area (Å²) in [7, 11) is 0. The number of aryl methyl sites for hydroxylation is 1. The summed E-state index contributed by atoms with van der Waals surface area (Å²) in [6, 6.07) is 14.0. The van der Waals surface area contributed by atoms with Gasteiger partial charge in [0.2, 0.25) is 0 Å². The van der Waals surface area contributed by atoms with Crippen molar-refractivity contribution in [1.82, 2.24) is 5.01 Å². The topological polar surface area (TPSA) is 76.0 Å². The third kappa shape index (κ3) is 2.96. The Kier molecular flexibility index (Phi) is 4.35. The molecule has 0 aromatic heterocycles. The molecule has 1 saturated carbocycles. The molecule has 2 aromatic rings. The number of para-hydroxylation sites is 1. The van der Waals surface area contributed by atoms with E-state index in [0.29, 0.717) is 16.9 Å². The Bertz CT molecular complexity index is 1070. The number of rotatable bonds is 4. The summed E-state index contributed by atoms with van der Waals surface area (Å²) < 4.78 is 5.53. The number of hydrazone groups is 1. The maximum absolute atomic E-state index is 12.8. The first-order valence-corrected chi connectivity index (χ1v) is 10.0. The number of esters is 1. The predicted molar refractivity (Wildman–Crippen MR) is 110 cm³/mol. The molecule has 6 nitrogen and oxygen atoms in total. The van der Waals surface area contributed by atoms with E-state index >= 15 is 0 Å². The summed E-state index contributed by atoms with van der Waals surface area (Å²) >= 11 is 0. The Morgan fingerprint density at radius 2 is 1.63 bits per heavy atom. The van der Waals surface area contributed by atoms with E-state index in [2.05, 4.69) is 5.10 Å². The molecule has 150 valence electrons. The van der Waals surface area contributed by atoms with Crippen molar-refractivity contribution in [3.05, 3.63) is 77.4 Å². The van der Waals surface area contributed by atoms with Crippen molar-refractivity contribution in [2.75, 3.05) is 0 Å². The van der Waals surface area contributed by atoms with Crippen LogP contribution in [0.5, 0.6) is 5.75 Å². The number of hydrogen-bond acceptors (Lipinski definition) is 5. The molecule has 30 heavy (non-hydrogen) atoms. The van der Waals surface area contributed by atoms with E-state index < -0.39 is 5.97 Å². The number of hydrogen-bond donors (Lipinski definition) is 0. The van der Waals surface area contributed by atoms with E-state index in [0.717, 1.165) is 17.0 Å². The molecule has 0 N–H and O–H groups in total. The van der Waals surface area contributed by atoms with Crippen LogP contribution >= 0.6 is 0 Å². The second-order valence-electron chi connectivity index (χ2n) is 8.03. The minimum absolute atomic E-state index is 0.138. The predicted octanol–water partition coefficient (Wildman–Crippen LogP) is 3.36. The van der Waals surface area contributed by atoms with Gasteiger partial charge in [-0.1, -0.05) is 42.0 Å². The van der Waals surface area contributed by atoms with Gasteiger partial charge in [-0.2, -0.15) is 10.1 Å². The summed E-state index contributed by atoms with van der Waals surface area (Å²) in [4.78, 5) is 38.0. The summed E-state index contributed by atoms with van der Waals surface area (Å²) in [5.74, 6) is -0.967. The lowest BCUT2D eigenvalue weighted by molar-refractivity contribution is -0.140. The summed E-state index contributed by atoms with van der Waals surface area (Å²) in [6.07, 6.45) is 6.38. The zero-order chi connectivity index (χ0) is 20.8. The molecule has 4 atom stereocenters. The number of imide groups is 1. The maximum Gasteiger partial charge on any atom is 0.343 e. The van der Waals surface area contributed by atoms with E-state index in [-0.39, 0.29) is 35.5 Å². The zero-order valence-electron chi connectivity index (χ0n) is 16.4. The van der Waals surface area contributed by atoms with Gasteiger partial charge >= 0.3 is 5.97 Å². The highest BCUT2D eigenvalue weighted by Gasteiger charge is 2.59. The second-order valence-corrected chi connectivity index (χ2v) is 8.03. The number of ether oxygens (including phenoxy) is 1. The third-order valence-corrected chi connectivity index (χ3v) is 6.17. The van der Waals surface area contributed by atoms with Crippen molar-refractivity contribution in [1.29, 1.82) is 0 Å². The fourth-order valence-corrected chi connectivity index (χ4v) is 4.65. The SMILES string of the molecule is Cc1ccc(C(=O)Oc2ccccc2C=NN2C(=O)[C@@H]3[C@H](C2=O)[C@H]2C=C[C@H]3C2)cc1. The number of benzene rings is 2. The quantitative estimate of drug-likeness (QED) is 0.259. The van der Waals surface area contributed by atoms with Gasteiger partial charge in [-0.05, 0) is 49.4 Å². The minimum Gasteiger partial charge on any atom is -0.422 e. The fourth-order valence-electron chi connectivity index (χ4n) is 4.65. The van der Waals surface area contributed by atoms with Crippen LogP contribution in [0.2, 0.25) is 0 Å². The molecule has 2 aromatic carbocycles. The van der Waals surface area contributed by atoms with Gasteiger partial charge in [0.25, 0.3) is 11.8 Å². The Labute approximate surface area is 173 Å². The van der Waals surface area contributed by atoms with Crippen LogP contribution in [-0.4, -0.2) is 29.0 Å². The smallest absolute Gasteiger partial charge is 0.343 e. The molecule has 2 bridgehead atoms. The average Bonchev–Trinajstić information content (AvgIpc) is 3.42. The number of allylic oxidation sites excluding steroid dienone is 2. The molecule has 0 unspecified atom stereocenters. The molecular weight excluding hydrogens is 380 g/mol. The largest absolute Gasteiger partial charge is 0.422 e. The fraction of sp³-hybridized carbons (Fsp3) is 0.250. The lowest BCUT2D eigenvalue weighted by Gasteiger charge is -2.13. The van der Waals surface area contributed by atoms with Gasteiger partial charge in [0.15, 0.2) is 0 Å². The van der Waals surface area contributed by atoms with Crippen molar-refractivity contribution < 1.29 is 19.1 Å². The number of nitrogens with zero attached hydrogens (tertiary/aromatic N) is 2. The molecule has 0 spiro atoms. The summed E-state index contributed by atoms with van der Waals surface area (Å²) in [5, 5.41) is 5.16. The standard InChI is InChI=1S/C24H20N2O4/c1-14-6-8-15(9-7-14)24(29)30-19-5-3-2-4-18(19)13-25-26-22(27)20-16-10-11-17(12-16)21(20)23(26)28/h2-11,13,16-17,20-21H,12H2,1H3/t16-,17-,20-,21+/m0/s1. The molecule has 6 heteroatoms. The molecule has 1 aliphatic heterocycles. The van der Waals surface area contributed by atoms with Gasteiger partial charge in [-0.15, -0.1) is 0 Å². The van der Waals surface area contributed by atoms with Crippen LogP contribution in [0.15, 0.2) is 65.8 Å². The first-order chi connectivity index (χ1) is 14.5. The minimum atomic E-state index is -0.485. The van der Waals surface area contributed by atoms with Gasteiger partial charge in [0, 0.05) is 5.56 Å². The van der Waals surface area contributed by atoms with Gasteiger partial charge in [-0.3, -0.25) is 9.59 Å². The highest BCUT2D eigenvalue weighted by Crippen LogP contribution is 2.52. The zero-order valence-corrected chi connectivity index (χ0v) is 16.4. The lowest BCUT2D eigenvalue weighted by atomic mass is 9.85. The molecular formula is C24H20N2O4. The number of carbonyl (C=O) groups excluding carboxylic acids is 3. The number of carbonyl (C=O) groups is 3. The van der Waals surface area contributed by atoms with Crippen molar-refractivity contribution >= 4 is 24.0 Å². The lowest BCUT2D eigenvalue weighted by Crippen LogP contribution is -2.28. The highest BCUT2D eigenvalue weighted by molar-refractivity contribution is 6.07. The van der Waals surface area contributed by atoms with Crippen LogP contribution in [0, 0.1) is 30.6 Å². The second kappa shape index (κ2) is 7.06. The monoisotopic (exact) mass is 400 g/mol. The first-order valence-electron chi connectivity index (χ1n) is 10.0. The van der Waals surface area contributed by atoms with Gasteiger partial charge in [0.05, 0.1) is 23.6 Å². The van der Waals surface area contributed by atoms with Crippen molar-refractivity contribution in [2.24, 2.45) is 28.8 Å². The van der Waals surface area contributed by atoms with E-state index in [4.69, 9.17) is 4.74 Å². The molecule has 2 amide bonds. The number of amides is 2. The first kappa shape index (κ1) is 18.5. The van der Waals surface area contributed by atoms with Gasteiger partial charge < -0.3 is 4.74 Å². The Balaban J connectivity index is 1.35. The highest BCUT2D eigenvalue weighted by atomic mass is 16.5. The van der Waals surface area contributed by atoms with E-state index in [9.17, 15) is 14.4 Å². The van der Waals surface area contributed by atoms with Crippen LogP contribution in [0.4, 0.5) is 0 Å². The average molecular weight is 400 g/mol. The molecule has 0 radical (unpaired) electrons. The van der Waals surface area contributed by atoms with Crippen LogP contribution in [0.1, 0.15) is 27.9 Å². The third-order valence-electron chi connectivity index (χ3n) is 6.17. The summed E-state index contributed by atoms with van der Waals surface area (Å²) in [6.45, 7) is 1.94. The van der Waals surface area contributed by atoms with Gasteiger partial charge in [-0.25, -0.2) is 4.79 Å². The van der Waals surface area contributed by atoms with Crippen molar-refractivity contribution in [2.45, 2.75) is 13.3 Å². The van der Waals surface area contributed by atoms with Crippen LogP contribution in [0.3, 0.4) is 0 Å². The van der Waals surface area contributed by atoms with E-state index in [1.165, 1.54) is 6.21 Å². The van der Waals surface area contributed by atoms with E-state index in [1.54, 1.807) is 36.4 Å². The molecule has 3 aliphatic rings. The normalized spacial score (nSPS) is 26.6. The van der Waals surface area contributed by atoms with Crippen LogP contribution in [0.25, 0.3) is 0 Å². The van der Waals surface area contributed by atoms with Crippen molar-refractivity contribution in [3.8, 4) is 5.75 Å². The van der Waals surface area contributed by atoms with E-state index in [1.807, 2.05) is 31.2 Å². The van der Waals surface area contributed by atoms with Gasteiger partial charge in [0.1, 0.15) is 5.75 Å². The Hall–Kier alpha value is -3.54. The Morgan fingerprint density at radius 3 is 2.30 bits per heavy atom. The number of fused-ring (bicyclic) bond motifs is 5. The van der Waals surface area contributed by atoms with Crippen LogP contribution in [-0.2, 0) is 9.59 Å². The van der Waals surface area contributed by atoms with Crippen molar-refractivity contribution in [3.63, 3.8) is 0 Å². The maximum atomic E-state index is 12.8. The molecule has 2 aliphatic carbocycles. The molecule has 1 heterocycles. The van der Waals surface area contributed by atoms with Crippen LogP contribution < -0.4 is 4.74 Å². The summed E-state index contributed by atoms with van der Waals surface area (Å²) in [5.41, 5.74) is 2.00. The molecule has 1 saturated heterocycles. The molecule has 2 fully saturated rings. The Morgan fingerprint density at radius 1 is 1.00 bits per heavy atom.